The summed E-state index contributed by atoms with van der Waals surface area (Å²) in [7, 11) is 0. The number of nitrogens with zero attached hydrogens (tertiary/aromatic N) is 1. The van der Waals surface area contributed by atoms with E-state index in [2.05, 4.69) is 10.3 Å². The van der Waals surface area contributed by atoms with Crippen molar-refractivity contribution in [3.63, 3.8) is 0 Å². The molecule has 0 aliphatic carbocycles. The lowest BCUT2D eigenvalue weighted by atomic mass is 10.4. The van der Waals surface area contributed by atoms with Crippen LogP contribution in [0.4, 0.5) is 0 Å². The Morgan fingerprint density at radius 3 is 2.94 bits per heavy atom. The molecule has 2 aromatic heterocycles. The minimum absolute atomic E-state index is 0.00163. The van der Waals surface area contributed by atoms with Crippen LogP contribution in [0.1, 0.15) is 5.69 Å². The summed E-state index contributed by atoms with van der Waals surface area (Å²) in [6.07, 6.45) is 1.76. The van der Waals surface area contributed by atoms with E-state index in [1.54, 1.807) is 22.2 Å². The van der Waals surface area contributed by atoms with Crippen molar-refractivity contribution in [3.05, 3.63) is 55.5 Å². The number of hydrogen-bond donors (Lipinski definition) is 2. The smallest absolute Gasteiger partial charge is 0.304 e. The largest absolute Gasteiger partial charge is 0.315 e. The Morgan fingerprint density at radius 1 is 1.35 bits per heavy atom. The van der Waals surface area contributed by atoms with Gasteiger partial charge in [-0.1, -0.05) is 17.4 Å². The Labute approximate surface area is 102 Å². The van der Waals surface area contributed by atoms with Crippen LogP contribution in [0.25, 0.3) is 0 Å². The van der Waals surface area contributed by atoms with Gasteiger partial charge in [0.2, 0.25) is 0 Å². The van der Waals surface area contributed by atoms with Crippen molar-refractivity contribution in [2.45, 2.75) is 13.1 Å². The van der Waals surface area contributed by atoms with Crippen LogP contribution in [0.3, 0.4) is 0 Å². The topological polar surface area (TPSA) is 66.9 Å². The van der Waals surface area contributed by atoms with Gasteiger partial charge in [0.15, 0.2) is 0 Å². The molecular weight excluding hydrogens is 238 g/mol. The molecule has 0 aromatic carbocycles. The maximum Gasteiger partial charge on any atom is 0.304 e. The van der Waals surface area contributed by atoms with Gasteiger partial charge in [-0.25, -0.2) is 0 Å². The van der Waals surface area contributed by atoms with Gasteiger partial charge in [-0.2, -0.15) is 0 Å². The lowest BCUT2D eigenvalue weighted by molar-refractivity contribution is 0.581. The minimum Gasteiger partial charge on any atom is -0.315 e. The predicted octanol–water partition coefficient (Wildman–Crippen LogP) is 0.388. The van der Waals surface area contributed by atoms with Crippen molar-refractivity contribution in [1.29, 1.82) is 0 Å². The normalized spacial score (nSPS) is 10.6. The SMILES string of the molecule is O=c1[nH]c(CNCCn2ccccc2=O)cs1. The molecule has 2 heterocycles. The molecule has 0 radical (unpaired) electrons. The van der Waals surface area contributed by atoms with Gasteiger partial charge in [-0.15, -0.1) is 0 Å². The summed E-state index contributed by atoms with van der Waals surface area (Å²) < 4.78 is 1.64. The number of aromatic nitrogens is 2. The molecule has 0 aliphatic heterocycles. The van der Waals surface area contributed by atoms with Gasteiger partial charge < -0.3 is 14.9 Å². The molecule has 0 saturated heterocycles. The molecule has 6 heteroatoms. The number of nitrogens with one attached hydrogen (secondary N) is 2. The molecule has 0 atom stereocenters. The second-order valence-electron chi connectivity index (χ2n) is 3.58. The van der Waals surface area contributed by atoms with Gasteiger partial charge in [-0.05, 0) is 6.07 Å². The second kappa shape index (κ2) is 5.60. The molecule has 0 saturated carbocycles. The van der Waals surface area contributed by atoms with Gasteiger partial charge in [0.25, 0.3) is 5.56 Å². The Balaban J connectivity index is 1.79. The van der Waals surface area contributed by atoms with E-state index in [4.69, 9.17) is 0 Å². The first-order chi connectivity index (χ1) is 8.25. The first-order valence-corrected chi connectivity index (χ1v) is 6.16. The fourth-order valence-corrected chi connectivity index (χ4v) is 2.05. The van der Waals surface area contributed by atoms with Crippen molar-refractivity contribution in [2.24, 2.45) is 0 Å². The number of hydrogen-bond acceptors (Lipinski definition) is 4. The average molecular weight is 251 g/mol. The van der Waals surface area contributed by atoms with E-state index in [9.17, 15) is 9.59 Å². The molecular formula is C11H13N3O2S. The third-order valence-corrected chi connectivity index (χ3v) is 3.03. The van der Waals surface area contributed by atoms with Crippen LogP contribution in [-0.4, -0.2) is 16.1 Å². The highest BCUT2D eigenvalue weighted by Crippen LogP contribution is 1.93. The number of thiazole rings is 1. The van der Waals surface area contributed by atoms with Gasteiger partial charge in [0, 0.05) is 43.0 Å². The van der Waals surface area contributed by atoms with Crippen LogP contribution in [0.2, 0.25) is 0 Å². The summed E-state index contributed by atoms with van der Waals surface area (Å²) in [6.45, 7) is 1.91. The Kier molecular flexibility index (Phi) is 3.89. The van der Waals surface area contributed by atoms with Crippen LogP contribution in [-0.2, 0) is 13.1 Å². The van der Waals surface area contributed by atoms with E-state index in [1.165, 1.54) is 6.07 Å². The molecule has 0 spiro atoms. The molecule has 0 unspecified atom stereocenters. The van der Waals surface area contributed by atoms with Gasteiger partial charge in [-0.3, -0.25) is 9.59 Å². The predicted molar refractivity (Wildman–Crippen MR) is 67.3 cm³/mol. The monoisotopic (exact) mass is 251 g/mol. The van der Waals surface area contributed by atoms with E-state index in [0.29, 0.717) is 19.6 Å². The Morgan fingerprint density at radius 2 is 2.24 bits per heavy atom. The number of H-pyrrole nitrogens is 1. The quantitative estimate of drug-likeness (QED) is 0.755. The van der Waals surface area contributed by atoms with E-state index >= 15 is 0 Å². The molecule has 5 nitrogen and oxygen atoms in total. The summed E-state index contributed by atoms with van der Waals surface area (Å²) in [5, 5.41) is 4.96. The standard InChI is InChI=1S/C11H13N3O2S/c15-10-3-1-2-5-14(10)6-4-12-7-9-8-17-11(16)13-9/h1-3,5,8,12H,4,6-7H2,(H,13,16). The number of rotatable bonds is 5. The fraction of sp³-hybridized carbons (Fsp3) is 0.273. The molecule has 0 bridgehead atoms. The molecule has 2 aromatic rings. The van der Waals surface area contributed by atoms with E-state index in [-0.39, 0.29) is 10.4 Å². The van der Waals surface area contributed by atoms with Crippen LogP contribution >= 0.6 is 11.3 Å². The summed E-state index contributed by atoms with van der Waals surface area (Å²) in [5.74, 6) is 0. The lowest BCUT2D eigenvalue weighted by Crippen LogP contribution is -2.26. The maximum atomic E-state index is 11.4. The average Bonchev–Trinajstić information content (AvgIpc) is 2.73. The van der Waals surface area contributed by atoms with Crippen molar-refractivity contribution in [2.75, 3.05) is 6.54 Å². The molecule has 17 heavy (non-hydrogen) atoms. The van der Waals surface area contributed by atoms with Crippen LogP contribution < -0.4 is 15.7 Å². The van der Waals surface area contributed by atoms with E-state index in [0.717, 1.165) is 17.0 Å². The van der Waals surface area contributed by atoms with Crippen molar-refractivity contribution in [1.82, 2.24) is 14.9 Å². The molecule has 0 amide bonds. The highest BCUT2D eigenvalue weighted by Gasteiger charge is 1.96. The van der Waals surface area contributed by atoms with Crippen molar-refractivity contribution in [3.8, 4) is 0 Å². The van der Waals surface area contributed by atoms with E-state index in [1.807, 2.05) is 6.07 Å². The van der Waals surface area contributed by atoms with E-state index < -0.39 is 0 Å². The number of aromatic amines is 1. The third-order valence-electron chi connectivity index (χ3n) is 2.31. The first kappa shape index (κ1) is 11.8. The highest BCUT2D eigenvalue weighted by molar-refractivity contribution is 7.07. The first-order valence-electron chi connectivity index (χ1n) is 5.28. The zero-order valence-electron chi connectivity index (χ0n) is 9.18. The van der Waals surface area contributed by atoms with Crippen molar-refractivity contribution >= 4 is 11.3 Å². The summed E-state index contributed by atoms with van der Waals surface area (Å²) >= 11 is 1.15. The Hall–Kier alpha value is -1.66. The number of pyridine rings is 1. The van der Waals surface area contributed by atoms with Crippen LogP contribution in [0.5, 0.6) is 0 Å². The van der Waals surface area contributed by atoms with Crippen LogP contribution in [0, 0.1) is 0 Å². The highest BCUT2D eigenvalue weighted by atomic mass is 32.1. The van der Waals surface area contributed by atoms with Crippen LogP contribution in [0.15, 0.2) is 39.4 Å². The fourth-order valence-electron chi connectivity index (χ4n) is 1.47. The molecule has 0 fully saturated rings. The summed E-state index contributed by atoms with van der Waals surface area (Å²) in [5.41, 5.74) is 0.874. The van der Waals surface area contributed by atoms with Crippen molar-refractivity contribution < 1.29 is 0 Å². The molecule has 2 rings (SSSR count). The van der Waals surface area contributed by atoms with Gasteiger partial charge in [0.05, 0.1) is 0 Å². The zero-order valence-corrected chi connectivity index (χ0v) is 10.00. The van der Waals surface area contributed by atoms with Gasteiger partial charge >= 0.3 is 4.87 Å². The maximum absolute atomic E-state index is 11.4. The zero-order chi connectivity index (χ0) is 12.1. The summed E-state index contributed by atoms with van der Waals surface area (Å²) in [6, 6.07) is 5.09. The Bertz CT molecular complexity index is 584. The molecule has 0 aliphatic rings. The summed E-state index contributed by atoms with van der Waals surface area (Å²) in [4.78, 5) is 24.9. The molecule has 2 N–H and O–H groups in total. The minimum atomic E-state index is -0.0407. The van der Waals surface area contributed by atoms with Gasteiger partial charge in [0.1, 0.15) is 0 Å². The second-order valence-corrected chi connectivity index (χ2v) is 4.42. The molecule has 90 valence electrons. The third kappa shape index (κ3) is 3.40. The lowest BCUT2D eigenvalue weighted by Gasteiger charge is -2.05.